The quantitative estimate of drug-likeness (QED) is 0.908. The Kier molecular flexibility index (Phi) is 3.44. The topological polar surface area (TPSA) is 58.2 Å². The minimum absolute atomic E-state index is 0.0294. The van der Waals surface area contributed by atoms with Crippen LogP contribution in [0.4, 0.5) is 11.4 Å². The van der Waals surface area contributed by atoms with Gasteiger partial charge in [0.25, 0.3) is 5.91 Å². The van der Waals surface area contributed by atoms with Gasteiger partial charge in [-0.25, -0.2) is 0 Å². The summed E-state index contributed by atoms with van der Waals surface area (Å²) in [5.41, 5.74) is 4.16. The fourth-order valence-electron chi connectivity index (χ4n) is 2.43. The molecule has 106 valence electrons. The van der Waals surface area contributed by atoms with E-state index in [-0.39, 0.29) is 11.8 Å². The fraction of sp³-hybridized carbons (Fsp3) is 0.176. The summed E-state index contributed by atoms with van der Waals surface area (Å²) in [7, 11) is 0. The molecule has 2 aromatic carbocycles. The van der Waals surface area contributed by atoms with Crippen molar-refractivity contribution in [2.45, 2.75) is 19.8 Å². The van der Waals surface area contributed by atoms with Crippen molar-refractivity contribution in [2.75, 3.05) is 10.6 Å². The van der Waals surface area contributed by atoms with E-state index in [1.807, 2.05) is 30.3 Å². The molecule has 0 bridgehead atoms. The van der Waals surface area contributed by atoms with E-state index in [0.29, 0.717) is 12.0 Å². The highest BCUT2D eigenvalue weighted by Gasteiger charge is 2.19. The highest BCUT2D eigenvalue weighted by molar-refractivity contribution is 6.07. The number of carbonyl (C=O) groups is 2. The van der Waals surface area contributed by atoms with Gasteiger partial charge in [-0.2, -0.15) is 0 Å². The van der Waals surface area contributed by atoms with Gasteiger partial charge in [0.1, 0.15) is 0 Å². The van der Waals surface area contributed by atoms with E-state index in [4.69, 9.17) is 0 Å². The van der Waals surface area contributed by atoms with Crippen molar-refractivity contribution in [3.8, 4) is 0 Å². The number of benzene rings is 2. The van der Waals surface area contributed by atoms with Crippen molar-refractivity contribution in [1.29, 1.82) is 0 Å². The van der Waals surface area contributed by atoms with E-state index in [9.17, 15) is 9.59 Å². The molecule has 0 saturated carbocycles. The number of carbonyl (C=O) groups excluding carboxylic acids is 2. The van der Waals surface area contributed by atoms with Crippen molar-refractivity contribution in [2.24, 2.45) is 0 Å². The van der Waals surface area contributed by atoms with Crippen LogP contribution in [-0.2, 0) is 17.6 Å². The molecule has 0 spiro atoms. The molecule has 0 saturated heterocycles. The molecular weight excluding hydrogens is 264 g/mol. The Labute approximate surface area is 123 Å². The Morgan fingerprint density at radius 3 is 2.90 bits per heavy atom. The van der Waals surface area contributed by atoms with Crippen LogP contribution in [0.5, 0.6) is 0 Å². The zero-order valence-corrected chi connectivity index (χ0v) is 11.8. The summed E-state index contributed by atoms with van der Waals surface area (Å²) in [6.07, 6.45) is 1.31. The SMILES string of the molecule is CCc1cccc(NC(=O)c2ccc3c(c2)NC(=O)C3)c1. The maximum absolute atomic E-state index is 12.3. The molecular formula is C17H16N2O2. The third-order valence-electron chi connectivity index (χ3n) is 3.59. The van der Waals surface area contributed by atoms with E-state index in [2.05, 4.69) is 17.6 Å². The van der Waals surface area contributed by atoms with Crippen LogP contribution in [0.3, 0.4) is 0 Å². The van der Waals surface area contributed by atoms with Gasteiger partial charge in [-0.05, 0) is 41.8 Å². The Morgan fingerprint density at radius 1 is 1.24 bits per heavy atom. The van der Waals surface area contributed by atoms with Gasteiger partial charge >= 0.3 is 0 Å². The van der Waals surface area contributed by atoms with E-state index in [1.54, 1.807) is 12.1 Å². The third kappa shape index (κ3) is 2.79. The van der Waals surface area contributed by atoms with Crippen molar-refractivity contribution in [1.82, 2.24) is 0 Å². The minimum atomic E-state index is -0.174. The zero-order chi connectivity index (χ0) is 14.8. The van der Waals surface area contributed by atoms with Crippen molar-refractivity contribution in [3.05, 3.63) is 59.2 Å². The molecule has 2 amide bonds. The molecule has 21 heavy (non-hydrogen) atoms. The molecule has 2 aromatic rings. The largest absolute Gasteiger partial charge is 0.326 e. The van der Waals surface area contributed by atoms with Gasteiger partial charge in [-0.1, -0.05) is 25.1 Å². The molecule has 0 fully saturated rings. The summed E-state index contributed by atoms with van der Waals surface area (Å²) >= 11 is 0. The first-order chi connectivity index (χ1) is 10.2. The number of nitrogens with one attached hydrogen (secondary N) is 2. The lowest BCUT2D eigenvalue weighted by molar-refractivity contribution is -0.115. The lowest BCUT2D eigenvalue weighted by Gasteiger charge is -2.08. The molecule has 0 aromatic heterocycles. The van der Waals surface area contributed by atoms with E-state index < -0.39 is 0 Å². The monoisotopic (exact) mass is 280 g/mol. The molecule has 0 aliphatic carbocycles. The summed E-state index contributed by atoms with van der Waals surface area (Å²) in [6.45, 7) is 2.07. The number of fused-ring (bicyclic) bond motifs is 1. The molecule has 2 N–H and O–H groups in total. The van der Waals surface area contributed by atoms with Gasteiger partial charge in [0, 0.05) is 16.9 Å². The Bertz CT molecular complexity index is 722. The maximum Gasteiger partial charge on any atom is 0.255 e. The predicted octanol–water partition coefficient (Wildman–Crippen LogP) is 3.00. The van der Waals surface area contributed by atoms with Gasteiger partial charge in [-0.3, -0.25) is 9.59 Å². The Hall–Kier alpha value is -2.62. The predicted molar refractivity (Wildman–Crippen MR) is 82.5 cm³/mol. The average Bonchev–Trinajstić information content (AvgIpc) is 2.86. The summed E-state index contributed by atoms with van der Waals surface area (Å²) < 4.78 is 0. The highest BCUT2D eigenvalue weighted by Crippen LogP contribution is 2.24. The van der Waals surface area contributed by atoms with Gasteiger partial charge in [-0.15, -0.1) is 0 Å². The summed E-state index contributed by atoms with van der Waals surface area (Å²) in [5, 5.41) is 5.64. The lowest BCUT2D eigenvalue weighted by atomic mass is 10.1. The van der Waals surface area contributed by atoms with E-state index in [1.165, 1.54) is 5.56 Å². The van der Waals surface area contributed by atoms with E-state index >= 15 is 0 Å². The minimum Gasteiger partial charge on any atom is -0.326 e. The molecule has 3 rings (SSSR count). The number of amides is 2. The lowest BCUT2D eigenvalue weighted by Crippen LogP contribution is -2.12. The Balaban J connectivity index is 1.79. The highest BCUT2D eigenvalue weighted by atomic mass is 16.2. The molecule has 4 nitrogen and oxygen atoms in total. The van der Waals surface area contributed by atoms with E-state index in [0.717, 1.165) is 23.4 Å². The number of hydrogen-bond acceptors (Lipinski definition) is 2. The first-order valence-electron chi connectivity index (χ1n) is 6.99. The summed E-state index contributed by atoms with van der Waals surface area (Å²) in [6, 6.07) is 13.1. The molecule has 4 heteroatoms. The van der Waals surface area contributed by atoms with Crippen molar-refractivity contribution >= 4 is 23.2 Å². The number of rotatable bonds is 3. The number of hydrogen-bond donors (Lipinski definition) is 2. The summed E-state index contributed by atoms with van der Waals surface area (Å²) in [4.78, 5) is 23.6. The second kappa shape index (κ2) is 5.40. The zero-order valence-electron chi connectivity index (χ0n) is 11.8. The van der Waals surface area contributed by atoms with Crippen LogP contribution in [0.25, 0.3) is 0 Å². The number of anilines is 2. The smallest absolute Gasteiger partial charge is 0.255 e. The molecule has 0 radical (unpaired) electrons. The van der Waals surface area contributed by atoms with Gasteiger partial charge < -0.3 is 10.6 Å². The van der Waals surface area contributed by atoms with Crippen LogP contribution in [0, 0.1) is 0 Å². The van der Waals surface area contributed by atoms with Crippen LogP contribution < -0.4 is 10.6 Å². The first kappa shape index (κ1) is 13.4. The van der Waals surface area contributed by atoms with Crippen LogP contribution in [0.1, 0.15) is 28.4 Å². The van der Waals surface area contributed by atoms with Crippen LogP contribution >= 0.6 is 0 Å². The molecule has 1 heterocycles. The average molecular weight is 280 g/mol. The summed E-state index contributed by atoms with van der Waals surface area (Å²) in [5.74, 6) is -0.203. The standard InChI is InChI=1S/C17H16N2O2/c1-2-11-4-3-5-14(8-11)18-17(21)13-7-6-12-10-16(20)19-15(12)9-13/h3-9H,2,10H2,1H3,(H,18,21)(H,19,20). The Morgan fingerprint density at radius 2 is 2.10 bits per heavy atom. The van der Waals surface area contributed by atoms with Gasteiger partial charge in [0.05, 0.1) is 6.42 Å². The molecule has 1 aliphatic rings. The molecule has 0 atom stereocenters. The van der Waals surface area contributed by atoms with Crippen molar-refractivity contribution in [3.63, 3.8) is 0 Å². The van der Waals surface area contributed by atoms with Crippen LogP contribution in [0.2, 0.25) is 0 Å². The normalized spacial score (nSPS) is 12.7. The van der Waals surface area contributed by atoms with Crippen LogP contribution in [0.15, 0.2) is 42.5 Å². The first-order valence-corrected chi connectivity index (χ1v) is 6.99. The number of aryl methyl sites for hydroxylation is 1. The molecule has 1 aliphatic heterocycles. The van der Waals surface area contributed by atoms with Gasteiger partial charge in [0.15, 0.2) is 0 Å². The van der Waals surface area contributed by atoms with Crippen LogP contribution in [-0.4, -0.2) is 11.8 Å². The molecule has 0 unspecified atom stereocenters. The second-order valence-corrected chi connectivity index (χ2v) is 5.10. The third-order valence-corrected chi connectivity index (χ3v) is 3.59. The fourth-order valence-corrected chi connectivity index (χ4v) is 2.43. The maximum atomic E-state index is 12.3. The second-order valence-electron chi connectivity index (χ2n) is 5.10. The van der Waals surface area contributed by atoms with Crippen molar-refractivity contribution < 1.29 is 9.59 Å². The van der Waals surface area contributed by atoms with Gasteiger partial charge in [0.2, 0.25) is 5.91 Å².